The van der Waals surface area contributed by atoms with E-state index in [2.05, 4.69) is 0 Å². The van der Waals surface area contributed by atoms with Crippen molar-refractivity contribution in [2.75, 3.05) is 0 Å². The number of halogens is 20. The third kappa shape index (κ3) is 6.22. The molecule has 0 aliphatic carbocycles. The van der Waals surface area contributed by atoms with Gasteiger partial charge in [0.2, 0.25) is 0 Å². The molecule has 0 aromatic rings. The maximum absolute atomic E-state index is 12.9. The van der Waals surface area contributed by atoms with Crippen molar-refractivity contribution >= 4 is 0 Å². The number of hydrogen-bond donors (Lipinski definition) is 0. The molecule has 0 saturated carbocycles. The minimum Gasteiger partial charge on any atom is -0.243 e. The normalized spacial score (nSPS) is 15.6. The van der Waals surface area contributed by atoms with E-state index < -0.39 is 60.7 Å². The average molecular weight is 548 g/mol. The largest absolute Gasteiger partial charge is 0.462 e. The Hall–Kier alpha value is -1.78. The highest BCUT2D eigenvalue weighted by Gasteiger charge is 2.80. The van der Waals surface area contributed by atoms with Crippen LogP contribution in [0.3, 0.4) is 0 Å². The SMILES string of the molecule is FC(F)=C(F)C(F)(F)OC(F)(F)C(F)(F)OC(F)(F)C(F)(F)OC(F)(F)C(F)(F)C(F)(F)F. The zero-order valence-electron chi connectivity index (χ0n) is 13.8. The molecule has 0 aromatic carbocycles. The summed E-state index contributed by atoms with van der Waals surface area (Å²) in [6.07, 6.45) is -57.1. The van der Waals surface area contributed by atoms with Gasteiger partial charge in [-0.15, -0.1) is 0 Å². The van der Waals surface area contributed by atoms with E-state index in [0.29, 0.717) is 0 Å². The van der Waals surface area contributed by atoms with E-state index in [1.807, 2.05) is 0 Å². The molecule has 0 N–H and O–H groups in total. The second kappa shape index (κ2) is 8.46. The first-order chi connectivity index (χ1) is 14.0. The molecule has 3 nitrogen and oxygen atoms in total. The van der Waals surface area contributed by atoms with Crippen LogP contribution in [0, 0.1) is 0 Å². The standard InChI is InChI=1S/C10F20O3/c11-1(2(12)13)3(14,15)31-7(23,24)8(25,26)33-10(29,30)9(27,28)32-6(21,22)4(16,17)5(18,19)20. The molecular formula is C10F20O3. The van der Waals surface area contributed by atoms with Crippen LogP contribution >= 0.6 is 0 Å². The fourth-order valence-electron chi connectivity index (χ4n) is 1.10. The third-order valence-corrected chi connectivity index (χ3v) is 2.59. The maximum atomic E-state index is 12.9. The average Bonchev–Trinajstić information content (AvgIpc) is 2.49. The smallest absolute Gasteiger partial charge is 0.243 e. The zero-order chi connectivity index (χ0) is 27.3. The fourth-order valence-corrected chi connectivity index (χ4v) is 1.10. The van der Waals surface area contributed by atoms with Crippen LogP contribution < -0.4 is 0 Å². The van der Waals surface area contributed by atoms with E-state index in [4.69, 9.17) is 0 Å². The quantitative estimate of drug-likeness (QED) is 0.279. The van der Waals surface area contributed by atoms with Gasteiger partial charge in [0.1, 0.15) is 0 Å². The van der Waals surface area contributed by atoms with Gasteiger partial charge in [-0.3, -0.25) is 0 Å². The van der Waals surface area contributed by atoms with Gasteiger partial charge in [0.05, 0.1) is 0 Å². The Labute approximate surface area is 164 Å². The van der Waals surface area contributed by atoms with Crippen molar-refractivity contribution in [1.82, 2.24) is 0 Å². The van der Waals surface area contributed by atoms with E-state index in [0.717, 1.165) is 0 Å². The summed E-state index contributed by atoms with van der Waals surface area (Å²) in [4.78, 5) is 0. The first-order valence-corrected chi connectivity index (χ1v) is 6.50. The highest BCUT2D eigenvalue weighted by atomic mass is 19.4. The highest BCUT2D eigenvalue weighted by Crippen LogP contribution is 2.53. The number of rotatable bonds is 10. The van der Waals surface area contributed by atoms with Crippen LogP contribution in [0.1, 0.15) is 0 Å². The molecule has 33 heavy (non-hydrogen) atoms. The summed E-state index contributed by atoms with van der Waals surface area (Å²) in [5.41, 5.74) is 0. The van der Waals surface area contributed by atoms with Crippen molar-refractivity contribution in [1.29, 1.82) is 0 Å². The minimum absolute atomic E-state index is 1.17. The molecule has 0 fully saturated rings. The van der Waals surface area contributed by atoms with E-state index in [-0.39, 0.29) is 0 Å². The third-order valence-electron chi connectivity index (χ3n) is 2.59. The van der Waals surface area contributed by atoms with E-state index in [1.165, 1.54) is 14.2 Å². The second-order valence-electron chi connectivity index (χ2n) is 5.05. The van der Waals surface area contributed by atoms with Gasteiger partial charge in [-0.2, -0.15) is 87.8 Å². The summed E-state index contributed by atoms with van der Waals surface area (Å²) in [5.74, 6) is -12.1. The lowest BCUT2D eigenvalue weighted by Crippen LogP contribution is -2.61. The van der Waals surface area contributed by atoms with Gasteiger partial charge in [0.25, 0.3) is 5.83 Å². The Balaban J connectivity index is 6.01. The van der Waals surface area contributed by atoms with Gasteiger partial charge in [-0.05, 0) is 0 Å². The topological polar surface area (TPSA) is 27.7 Å². The molecule has 0 radical (unpaired) electrons. The van der Waals surface area contributed by atoms with E-state index >= 15 is 0 Å². The van der Waals surface area contributed by atoms with Gasteiger partial charge in [0.15, 0.2) is 0 Å². The van der Waals surface area contributed by atoms with Crippen molar-refractivity contribution in [2.24, 2.45) is 0 Å². The summed E-state index contributed by atoms with van der Waals surface area (Å²) in [7, 11) is 0. The van der Waals surface area contributed by atoms with Gasteiger partial charge in [-0.25, -0.2) is 14.2 Å². The van der Waals surface area contributed by atoms with Crippen LogP contribution in [-0.2, 0) is 14.2 Å². The van der Waals surface area contributed by atoms with Gasteiger partial charge in [0, 0.05) is 0 Å². The van der Waals surface area contributed by atoms with E-state index in [9.17, 15) is 87.8 Å². The van der Waals surface area contributed by atoms with Crippen LogP contribution in [0.25, 0.3) is 0 Å². The van der Waals surface area contributed by atoms with Crippen molar-refractivity contribution in [3.05, 3.63) is 11.9 Å². The lowest BCUT2D eigenvalue weighted by molar-refractivity contribution is -0.567. The maximum Gasteiger partial charge on any atom is 0.462 e. The molecule has 198 valence electrons. The molecular weight excluding hydrogens is 548 g/mol. The predicted molar refractivity (Wildman–Crippen MR) is 54.3 cm³/mol. The Kier molecular flexibility index (Phi) is 8.01. The summed E-state index contributed by atoms with van der Waals surface area (Å²) in [6.45, 7) is 0. The van der Waals surface area contributed by atoms with Gasteiger partial charge in [-0.1, -0.05) is 0 Å². The van der Waals surface area contributed by atoms with E-state index in [1.54, 1.807) is 0 Å². The minimum atomic E-state index is -7.80. The summed E-state index contributed by atoms with van der Waals surface area (Å²) in [6, 6.07) is 0. The number of alkyl halides is 17. The van der Waals surface area contributed by atoms with Crippen LogP contribution in [-0.4, -0.2) is 48.8 Å². The van der Waals surface area contributed by atoms with Crippen LogP contribution in [0.5, 0.6) is 0 Å². The zero-order valence-corrected chi connectivity index (χ0v) is 13.8. The van der Waals surface area contributed by atoms with Crippen LogP contribution in [0.2, 0.25) is 0 Å². The van der Waals surface area contributed by atoms with Gasteiger partial charge >= 0.3 is 54.8 Å². The first-order valence-electron chi connectivity index (χ1n) is 6.50. The monoisotopic (exact) mass is 548 g/mol. The summed E-state index contributed by atoms with van der Waals surface area (Å²) in [5, 5.41) is 0. The molecule has 0 unspecified atom stereocenters. The second-order valence-corrected chi connectivity index (χ2v) is 5.05. The molecule has 0 spiro atoms. The Morgan fingerprint density at radius 1 is 0.394 bits per heavy atom. The molecule has 0 saturated heterocycles. The molecule has 23 heteroatoms. The first kappa shape index (κ1) is 31.2. The lowest BCUT2D eigenvalue weighted by atomic mass is 10.3. The van der Waals surface area contributed by atoms with Gasteiger partial charge < -0.3 is 0 Å². The fraction of sp³-hybridized carbons (Fsp3) is 0.800. The Morgan fingerprint density at radius 3 is 0.939 bits per heavy atom. The number of hydrogen-bond acceptors (Lipinski definition) is 3. The molecule has 0 aliphatic heterocycles. The molecule has 0 heterocycles. The molecule has 0 bridgehead atoms. The summed E-state index contributed by atoms with van der Waals surface area (Å²) >= 11 is 0. The Morgan fingerprint density at radius 2 is 0.667 bits per heavy atom. The molecule has 0 atom stereocenters. The lowest BCUT2D eigenvalue weighted by Gasteiger charge is -2.35. The number of ether oxygens (including phenoxy) is 3. The van der Waals surface area contributed by atoms with Crippen molar-refractivity contribution in [3.8, 4) is 0 Å². The molecule has 0 rings (SSSR count). The Bertz CT molecular complexity index is 731. The van der Waals surface area contributed by atoms with Crippen LogP contribution in [0.4, 0.5) is 87.8 Å². The molecule has 0 amide bonds. The van der Waals surface area contributed by atoms with Crippen LogP contribution in [0.15, 0.2) is 11.9 Å². The predicted octanol–water partition coefficient (Wildman–Crippen LogP) is 6.87. The molecule has 0 aliphatic rings. The summed E-state index contributed by atoms with van der Waals surface area (Å²) < 4.78 is 253. The van der Waals surface area contributed by atoms with Crippen molar-refractivity contribution in [2.45, 2.75) is 48.8 Å². The van der Waals surface area contributed by atoms with Crippen molar-refractivity contribution in [3.63, 3.8) is 0 Å². The highest BCUT2D eigenvalue weighted by molar-refractivity contribution is 5.00. The molecule has 0 aromatic heterocycles. The van der Waals surface area contributed by atoms with Crippen molar-refractivity contribution < 1.29 is 102 Å².